The number of likely N-dealkylation sites (tertiary alicyclic amines) is 1. The number of rotatable bonds is 4. The summed E-state index contributed by atoms with van der Waals surface area (Å²) >= 11 is 0. The Balaban J connectivity index is 1.80. The summed E-state index contributed by atoms with van der Waals surface area (Å²) in [4.78, 5) is 14.6. The summed E-state index contributed by atoms with van der Waals surface area (Å²) in [6, 6.07) is 5.49. The second-order valence-corrected chi connectivity index (χ2v) is 5.12. The molecule has 3 rings (SSSR count). The molecule has 1 aliphatic heterocycles. The van der Waals surface area contributed by atoms with Crippen LogP contribution in [0.1, 0.15) is 22.8 Å². The van der Waals surface area contributed by atoms with Crippen molar-refractivity contribution in [2.45, 2.75) is 12.5 Å². The summed E-state index contributed by atoms with van der Waals surface area (Å²) in [7, 11) is 3.10. The highest BCUT2D eigenvalue weighted by Gasteiger charge is 2.30. The van der Waals surface area contributed by atoms with Gasteiger partial charge in [-0.2, -0.15) is 0 Å². The smallest absolute Gasteiger partial charge is 0.257 e. The van der Waals surface area contributed by atoms with Gasteiger partial charge in [0, 0.05) is 19.3 Å². The highest BCUT2D eigenvalue weighted by molar-refractivity contribution is 5.98. The molecule has 1 amide bonds. The maximum Gasteiger partial charge on any atom is 0.257 e. The Hall–Kier alpha value is -2.57. The average Bonchev–Trinajstić information content (AvgIpc) is 3.23. The quantitative estimate of drug-likeness (QED) is 0.853. The van der Waals surface area contributed by atoms with E-state index < -0.39 is 0 Å². The van der Waals surface area contributed by atoms with Crippen LogP contribution in [-0.2, 0) is 0 Å². The molecule has 1 aliphatic rings. The van der Waals surface area contributed by atoms with Gasteiger partial charge >= 0.3 is 0 Å². The van der Waals surface area contributed by atoms with Crippen molar-refractivity contribution < 1.29 is 14.3 Å². The van der Waals surface area contributed by atoms with E-state index in [-0.39, 0.29) is 11.9 Å². The number of methoxy groups -OCH3 is 2. The van der Waals surface area contributed by atoms with E-state index in [1.54, 1.807) is 36.2 Å². The van der Waals surface area contributed by atoms with Gasteiger partial charge < -0.3 is 14.4 Å². The first kappa shape index (κ1) is 14.4. The lowest BCUT2D eigenvalue weighted by atomic mass is 10.1. The van der Waals surface area contributed by atoms with Crippen LogP contribution in [0.15, 0.2) is 30.6 Å². The van der Waals surface area contributed by atoms with Crippen molar-refractivity contribution in [2.24, 2.45) is 0 Å². The first-order chi connectivity index (χ1) is 10.7. The number of carbonyl (C=O) groups excluding carboxylic acids is 1. The van der Waals surface area contributed by atoms with Crippen LogP contribution in [0.5, 0.6) is 11.5 Å². The summed E-state index contributed by atoms with van der Waals surface area (Å²) in [5.41, 5.74) is 0.515. The maximum absolute atomic E-state index is 12.8. The molecule has 2 heterocycles. The highest BCUT2D eigenvalue weighted by Crippen LogP contribution is 2.32. The molecule has 22 heavy (non-hydrogen) atoms. The third-order valence-corrected chi connectivity index (χ3v) is 3.90. The number of carbonyl (C=O) groups is 1. The van der Waals surface area contributed by atoms with Gasteiger partial charge in [-0.1, -0.05) is 11.3 Å². The van der Waals surface area contributed by atoms with E-state index in [0.717, 1.165) is 6.42 Å². The molecule has 0 spiro atoms. The fourth-order valence-electron chi connectivity index (χ4n) is 2.78. The van der Waals surface area contributed by atoms with Crippen molar-refractivity contribution >= 4 is 5.91 Å². The van der Waals surface area contributed by atoms with E-state index in [4.69, 9.17) is 9.47 Å². The second-order valence-electron chi connectivity index (χ2n) is 5.12. The van der Waals surface area contributed by atoms with E-state index in [9.17, 15) is 4.79 Å². The largest absolute Gasteiger partial charge is 0.493 e. The number of hydrogen-bond acceptors (Lipinski definition) is 5. The molecule has 116 valence electrons. The Morgan fingerprint density at radius 1 is 1.32 bits per heavy atom. The fraction of sp³-hybridized carbons (Fsp3) is 0.400. The van der Waals surface area contributed by atoms with Crippen LogP contribution < -0.4 is 9.47 Å². The molecule has 7 heteroatoms. The Labute approximate surface area is 128 Å². The molecule has 0 N–H and O–H groups in total. The van der Waals surface area contributed by atoms with Crippen LogP contribution in [0.4, 0.5) is 0 Å². The monoisotopic (exact) mass is 302 g/mol. The number of ether oxygens (including phenoxy) is 2. The summed E-state index contributed by atoms with van der Waals surface area (Å²) in [6.07, 6.45) is 4.34. The lowest BCUT2D eigenvalue weighted by Gasteiger charge is -2.19. The van der Waals surface area contributed by atoms with Gasteiger partial charge in [-0.25, -0.2) is 4.68 Å². The number of aromatic nitrogens is 3. The van der Waals surface area contributed by atoms with Gasteiger partial charge in [0.15, 0.2) is 11.5 Å². The molecule has 0 radical (unpaired) electrons. The third kappa shape index (κ3) is 2.49. The van der Waals surface area contributed by atoms with E-state index in [1.165, 1.54) is 7.11 Å². The van der Waals surface area contributed by atoms with E-state index in [1.807, 2.05) is 11.1 Å². The van der Waals surface area contributed by atoms with Gasteiger partial charge in [-0.05, 0) is 18.6 Å². The molecular formula is C15H18N4O3. The number of amides is 1. The lowest BCUT2D eigenvalue weighted by Crippen LogP contribution is -2.29. The maximum atomic E-state index is 12.8. The van der Waals surface area contributed by atoms with Crippen molar-refractivity contribution in [1.82, 2.24) is 19.9 Å². The zero-order chi connectivity index (χ0) is 15.5. The van der Waals surface area contributed by atoms with E-state index in [0.29, 0.717) is 30.2 Å². The number of nitrogens with zero attached hydrogens (tertiary/aromatic N) is 4. The first-order valence-electron chi connectivity index (χ1n) is 7.10. The summed E-state index contributed by atoms with van der Waals surface area (Å²) in [6.45, 7) is 1.30. The lowest BCUT2D eigenvalue weighted by molar-refractivity contribution is 0.0783. The molecule has 1 aromatic carbocycles. The van der Waals surface area contributed by atoms with Crippen molar-refractivity contribution in [2.75, 3.05) is 27.3 Å². The number of para-hydroxylation sites is 1. The topological polar surface area (TPSA) is 69.5 Å². The second kappa shape index (κ2) is 6.05. The van der Waals surface area contributed by atoms with Crippen molar-refractivity contribution in [1.29, 1.82) is 0 Å². The van der Waals surface area contributed by atoms with E-state index >= 15 is 0 Å². The highest BCUT2D eigenvalue weighted by atomic mass is 16.5. The summed E-state index contributed by atoms with van der Waals surface area (Å²) in [5.74, 6) is 0.970. The molecule has 0 bridgehead atoms. The predicted octanol–water partition coefficient (Wildman–Crippen LogP) is 1.38. The molecule has 1 unspecified atom stereocenters. The van der Waals surface area contributed by atoms with Gasteiger partial charge in [0.05, 0.1) is 32.0 Å². The number of hydrogen-bond donors (Lipinski definition) is 0. The van der Waals surface area contributed by atoms with Crippen LogP contribution in [0.25, 0.3) is 0 Å². The predicted molar refractivity (Wildman–Crippen MR) is 79.1 cm³/mol. The molecular weight excluding hydrogens is 284 g/mol. The minimum Gasteiger partial charge on any atom is -0.493 e. The van der Waals surface area contributed by atoms with Crippen LogP contribution in [0, 0.1) is 0 Å². The molecule has 2 aromatic rings. The van der Waals surface area contributed by atoms with Crippen LogP contribution in [0.3, 0.4) is 0 Å². The average molecular weight is 302 g/mol. The Bertz CT molecular complexity index is 657. The molecule has 1 aromatic heterocycles. The molecule has 1 atom stereocenters. The molecule has 0 aliphatic carbocycles. The Kier molecular flexibility index (Phi) is 3.95. The van der Waals surface area contributed by atoms with Gasteiger partial charge in [-0.15, -0.1) is 5.10 Å². The minimum atomic E-state index is -0.0571. The Morgan fingerprint density at radius 2 is 2.18 bits per heavy atom. The fourth-order valence-corrected chi connectivity index (χ4v) is 2.78. The van der Waals surface area contributed by atoms with Crippen LogP contribution >= 0.6 is 0 Å². The Morgan fingerprint density at radius 3 is 2.86 bits per heavy atom. The summed E-state index contributed by atoms with van der Waals surface area (Å²) in [5, 5.41) is 7.83. The molecule has 0 saturated carbocycles. The van der Waals surface area contributed by atoms with Crippen LogP contribution in [0.2, 0.25) is 0 Å². The minimum absolute atomic E-state index is 0.0571. The zero-order valence-corrected chi connectivity index (χ0v) is 12.6. The third-order valence-electron chi connectivity index (χ3n) is 3.90. The van der Waals surface area contributed by atoms with Gasteiger partial charge in [-0.3, -0.25) is 4.79 Å². The van der Waals surface area contributed by atoms with Gasteiger partial charge in [0.2, 0.25) is 0 Å². The molecule has 1 saturated heterocycles. The van der Waals surface area contributed by atoms with Gasteiger partial charge in [0.1, 0.15) is 0 Å². The standard InChI is InChI=1S/C15H18N4O3/c1-21-13-5-3-4-12(14(13)22-2)15(20)18-8-6-11(10-18)19-9-7-16-17-19/h3-5,7,9,11H,6,8,10H2,1-2H3. The van der Waals surface area contributed by atoms with Crippen LogP contribution in [-0.4, -0.2) is 53.1 Å². The molecule has 7 nitrogen and oxygen atoms in total. The molecule has 1 fully saturated rings. The van der Waals surface area contributed by atoms with Crippen molar-refractivity contribution in [3.8, 4) is 11.5 Å². The van der Waals surface area contributed by atoms with Crippen molar-refractivity contribution in [3.63, 3.8) is 0 Å². The van der Waals surface area contributed by atoms with Crippen molar-refractivity contribution in [3.05, 3.63) is 36.2 Å². The normalized spacial score (nSPS) is 17.5. The van der Waals surface area contributed by atoms with Gasteiger partial charge in [0.25, 0.3) is 5.91 Å². The first-order valence-corrected chi connectivity index (χ1v) is 7.10. The summed E-state index contributed by atoms with van der Waals surface area (Å²) < 4.78 is 12.4. The van der Waals surface area contributed by atoms with E-state index in [2.05, 4.69) is 10.3 Å². The SMILES string of the molecule is COc1cccc(C(=O)N2CCC(n3ccnn3)C2)c1OC. The zero-order valence-electron chi connectivity index (χ0n) is 12.6. The number of benzene rings is 1.